The lowest BCUT2D eigenvalue weighted by molar-refractivity contribution is -0.0553. The van der Waals surface area contributed by atoms with Crippen molar-refractivity contribution in [3.05, 3.63) is 0 Å². The fourth-order valence-corrected chi connectivity index (χ4v) is 0.345. The van der Waals surface area contributed by atoms with Gasteiger partial charge < -0.3 is 15.2 Å². The van der Waals surface area contributed by atoms with Crippen molar-refractivity contribution in [2.75, 3.05) is 33.7 Å². The van der Waals surface area contributed by atoms with Crippen LogP contribution in [-0.4, -0.2) is 33.7 Å². The van der Waals surface area contributed by atoms with Gasteiger partial charge in [0.15, 0.2) is 0 Å². The predicted molar refractivity (Wildman–Crippen MR) is 34.9 cm³/mol. The molecule has 0 saturated carbocycles. The first-order valence-corrected chi connectivity index (χ1v) is 2.92. The van der Waals surface area contributed by atoms with Crippen molar-refractivity contribution in [2.24, 2.45) is 5.73 Å². The summed E-state index contributed by atoms with van der Waals surface area (Å²) in [5.74, 6) is 0. The Labute approximate surface area is 55.3 Å². The van der Waals surface area contributed by atoms with Crippen LogP contribution < -0.4 is 11.1 Å². The van der Waals surface area contributed by atoms with Gasteiger partial charge in [-0.3, -0.25) is 5.32 Å². The molecule has 0 radical (unpaired) electrons. The van der Waals surface area contributed by atoms with Crippen molar-refractivity contribution in [1.82, 2.24) is 5.32 Å². The van der Waals surface area contributed by atoms with Crippen LogP contribution in [-0.2, 0) is 9.47 Å². The topological polar surface area (TPSA) is 56.5 Å². The van der Waals surface area contributed by atoms with E-state index in [1.165, 1.54) is 0 Å². The van der Waals surface area contributed by atoms with Crippen LogP contribution >= 0.6 is 0 Å². The average Bonchev–Trinajstić information content (AvgIpc) is 1.89. The highest BCUT2D eigenvalue weighted by Crippen LogP contribution is 1.72. The molecule has 3 N–H and O–H groups in total. The lowest BCUT2D eigenvalue weighted by atomic mass is 10.7. The largest absolute Gasteiger partial charge is 0.354 e. The molecule has 0 fully saturated rings. The summed E-state index contributed by atoms with van der Waals surface area (Å²) < 4.78 is 9.79. The van der Waals surface area contributed by atoms with Crippen LogP contribution in [0.5, 0.6) is 0 Å². The minimum absolute atomic E-state index is 0.317. The van der Waals surface area contributed by atoms with Crippen molar-refractivity contribution >= 4 is 0 Å². The normalized spacial score (nSPS) is 10.0. The molecule has 0 aromatic rings. The molecule has 0 bridgehead atoms. The van der Waals surface area contributed by atoms with Gasteiger partial charge in [0, 0.05) is 6.54 Å². The highest BCUT2D eigenvalue weighted by Gasteiger charge is 1.82. The highest BCUT2D eigenvalue weighted by atomic mass is 16.7. The Morgan fingerprint density at radius 3 is 2.78 bits per heavy atom. The molecular formula is C5H14N2O2. The third kappa shape index (κ3) is 7.84. The summed E-state index contributed by atoms with van der Waals surface area (Å²) in [6.07, 6.45) is 0. The number of rotatable bonds is 6. The van der Waals surface area contributed by atoms with Crippen LogP contribution in [0.4, 0.5) is 0 Å². The molecule has 0 amide bonds. The first kappa shape index (κ1) is 8.84. The predicted octanol–water partition coefficient (Wildman–Crippen LogP) is -0.887. The van der Waals surface area contributed by atoms with Crippen molar-refractivity contribution in [1.29, 1.82) is 0 Å². The lowest BCUT2D eigenvalue weighted by Gasteiger charge is -2.02. The molecule has 0 atom stereocenters. The Morgan fingerprint density at radius 1 is 1.44 bits per heavy atom. The molecular weight excluding hydrogens is 120 g/mol. The summed E-state index contributed by atoms with van der Waals surface area (Å²) in [6.45, 7) is 1.94. The van der Waals surface area contributed by atoms with Gasteiger partial charge in [0.25, 0.3) is 0 Å². The van der Waals surface area contributed by atoms with Crippen LogP contribution in [0.3, 0.4) is 0 Å². The molecule has 0 aromatic heterocycles. The van der Waals surface area contributed by atoms with E-state index in [4.69, 9.17) is 15.2 Å². The maximum absolute atomic E-state index is 5.15. The van der Waals surface area contributed by atoms with E-state index in [2.05, 4.69) is 5.32 Å². The Bertz CT molecular complexity index is 46.2. The van der Waals surface area contributed by atoms with E-state index in [0.29, 0.717) is 26.7 Å². The summed E-state index contributed by atoms with van der Waals surface area (Å²) in [4.78, 5) is 0. The smallest absolute Gasteiger partial charge is 0.148 e. The quantitative estimate of drug-likeness (QED) is 0.365. The number of hydrogen-bond acceptors (Lipinski definition) is 4. The molecule has 4 heteroatoms. The van der Waals surface area contributed by atoms with Crippen LogP contribution in [0, 0.1) is 0 Å². The number of hydrogen-bond donors (Lipinski definition) is 2. The van der Waals surface area contributed by atoms with E-state index in [9.17, 15) is 0 Å². The molecule has 0 unspecified atom stereocenters. The fourth-order valence-electron chi connectivity index (χ4n) is 0.345. The van der Waals surface area contributed by atoms with Crippen molar-refractivity contribution in [3.63, 3.8) is 0 Å². The van der Waals surface area contributed by atoms with Gasteiger partial charge in [0.05, 0.1) is 13.3 Å². The zero-order valence-corrected chi connectivity index (χ0v) is 5.72. The van der Waals surface area contributed by atoms with Gasteiger partial charge in [0.2, 0.25) is 0 Å². The molecule has 0 heterocycles. The highest BCUT2D eigenvalue weighted by molar-refractivity contribution is 4.25. The molecule has 0 aliphatic carbocycles. The van der Waals surface area contributed by atoms with Gasteiger partial charge in [0.1, 0.15) is 6.79 Å². The van der Waals surface area contributed by atoms with E-state index in [1.807, 2.05) is 7.05 Å². The standard InChI is InChI=1S/C5H14N2O2/c1-7-4-9-5-8-3-2-6/h7H,2-6H2,1H3. The maximum Gasteiger partial charge on any atom is 0.148 e. The molecule has 0 spiro atoms. The third-order valence-corrected chi connectivity index (χ3v) is 0.675. The van der Waals surface area contributed by atoms with Crippen LogP contribution in [0.2, 0.25) is 0 Å². The summed E-state index contributed by atoms with van der Waals surface area (Å²) in [5, 5.41) is 2.81. The minimum Gasteiger partial charge on any atom is -0.354 e. The lowest BCUT2D eigenvalue weighted by Crippen LogP contribution is -2.15. The maximum atomic E-state index is 5.15. The summed E-state index contributed by atoms with van der Waals surface area (Å²) in [5.41, 5.74) is 5.15. The molecule has 0 saturated heterocycles. The molecule has 0 aliphatic rings. The molecule has 0 aliphatic heterocycles. The van der Waals surface area contributed by atoms with Crippen molar-refractivity contribution in [3.8, 4) is 0 Å². The summed E-state index contributed by atoms with van der Waals surface area (Å²) in [6, 6.07) is 0. The summed E-state index contributed by atoms with van der Waals surface area (Å²) in [7, 11) is 1.81. The second-order valence-electron chi connectivity index (χ2n) is 1.52. The zero-order chi connectivity index (χ0) is 6.95. The second kappa shape index (κ2) is 7.84. The van der Waals surface area contributed by atoms with Crippen molar-refractivity contribution < 1.29 is 9.47 Å². The first-order valence-electron chi connectivity index (χ1n) is 2.92. The Hall–Kier alpha value is -0.160. The minimum atomic E-state index is 0.317. The van der Waals surface area contributed by atoms with E-state index in [-0.39, 0.29) is 0 Å². The SMILES string of the molecule is CNCOCOCCN. The Morgan fingerprint density at radius 2 is 2.22 bits per heavy atom. The van der Waals surface area contributed by atoms with E-state index >= 15 is 0 Å². The van der Waals surface area contributed by atoms with Crippen LogP contribution in [0.15, 0.2) is 0 Å². The number of nitrogens with two attached hydrogens (primary N) is 1. The van der Waals surface area contributed by atoms with Gasteiger partial charge >= 0.3 is 0 Å². The Kier molecular flexibility index (Phi) is 7.70. The molecule has 9 heavy (non-hydrogen) atoms. The van der Waals surface area contributed by atoms with E-state index < -0.39 is 0 Å². The van der Waals surface area contributed by atoms with Gasteiger partial charge in [-0.25, -0.2) is 0 Å². The fraction of sp³-hybridized carbons (Fsp3) is 1.00. The Balaban J connectivity index is 2.60. The summed E-state index contributed by atoms with van der Waals surface area (Å²) >= 11 is 0. The third-order valence-electron chi connectivity index (χ3n) is 0.675. The van der Waals surface area contributed by atoms with Crippen LogP contribution in [0.1, 0.15) is 0 Å². The molecule has 0 rings (SSSR count). The van der Waals surface area contributed by atoms with Gasteiger partial charge in [-0.2, -0.15) is 0 Å². The molecule has 0 aromatic carbocycles. The van der Waals surface area contributed by atoms with Gasteiger partial charge in [-0.05, 0) is 7.05 Å². The van der Waals surface area contributed by atoms with E-state index in [0.717, 1.165) is 0 Å². The number of ether oxygens (including phenoxy) is 2. The van der Waals surface area contributed by atoms with Gasteiger partial charge in [-0.1, -0.05) is 0 Å². The van der Waals surface area contributed by atoms with Gasteiger partial charge in [-0.15, -0.1) is 0 Å². The van der Waals surface area contributed by atoms with Crippen LogP contribution in [0.25, 0.3) is 0 Å². The number of nitrogens with one attached hydrogen (secondary N) is 1. The second-order valence-corrected chi connectivity index (χ2v) is 1.52. The van der Waals surface area contributed by atoms with E-state index in [1.54, 1.807) is 0 Å². The zero-order valence-electron chi connectivity index (χ0n) is 5.72. The van der Waals surface area contributed by atoms with Crippen molar-refractivity contribution in [2.45, 2.75) is 0 Å². The average molecular weight is 134 g/mol. The molecule has 4 nitrogen and oxygen atoms in total. The molecule has 56 valence electrons. The first-order chi connectivity index (χ1) is 4.41. The monoisotopic (exact) mass is 134 g/mol.